The van der Waals surface area contributed by atoms with Crippen LogP contribution in [0.3, 0.4) is 0 Å². The monoisotopic (exact) mass is 183 g/mol. The summed E-state index contributed by atoms with van der Waals surface area (Å²) in [5.41, 5.74) is 5.10. The molecule has 7 heteroatoms. The number of nitrogens with two attached hydrogens (primary N) is 1. The summed E-state index contributed by atoms with van der Waals surface area (Å²) in [7, 11) is 0. The molecule has 0 spiro atoms. The first-order valence-electron chi connectivity index (χ1n) is 3.55. The molecule has 1 unspecified atom stereocenters. The van der Waals surface area contributed by atoms with Gasteiger partial charge in [0.05, 0.1) is 10.8 Å². The van der Waals surface area contributed by atoms with Crippen molar-refractivity contribution >= 4 is 5.84 Å². The Morgan fingerprint density at radius 3 is 2.85 bits per heavy atom. The summed E-state index contributed by atoms with van der Waals surface area (Å²) in [6.45, 7) is 3.34. The van der Waals surface area contributed by atoms with Crippen molar-refractivity contribution < 1.29 is 5.03 Å². The van der Waals surface area contributed by atoms with Gasteiger partial charge in [0.2, 0.25) is 5.84 Å². The Morgan fingerprint density at radius 2 is 2.46 bits per heavy atom. The van der Waals surface area contributed by atoms with Crippen LogP contribution in [0.2, 0.25) is 0 Å². The van der Waals surface area contributed by atoms with Crippen molar-refractivity contribution in [3.63, 3.8) is 0 Å². The minimum atomic E-state index is -0.961. The Labute approximate surface area is 74.2 Å². The largest absolute Gasteiger partial charge is 0.380 e. The van der Waals surface area contributed by atoms with E-state index in [1.165, 1.54) is 0 Å². The summed E-state index contributed by atoms with van der Waals surface area (Å²) in [6.07, 6.45) is 1.62. The van der Waals surface area contributed by atoms with Gasteiger partial charge >= 0.3 is 0 Å². The highest BCUT2D eigenvalue weighted by Crippen LogP contribution is 2.23. The van der Waals surface area contributed by atoms with Crippen LogP contribution in [0.5, 0.6) is 0 Å². The van der Waals surface area contributed by atoms with Gasteiger partial charge in [-0.05, 0) is 19.9 Å². The number of nitro groups is 1. The van der Waals surface area contributed by atoms with E-state index in [-0.39, 0.29) is 5.84 Å². The molecule has 0 saturated carbocycles. The molecule has 7 nitrogen and oxygen atoms in total. The van der Waals surface area contributed by atoms with Gasteiger partial charge in [0.25, 0.3) is 0 Å². The van der Waals surface area contributed by atoms with E-state index in [0.29, 0.717) is 5.70 Å². The maximum atomic E-state index is 10.0. The summed E-state index contributed by atoms with van der Waals surface area (Å²) in [4.78, 5) is 10.0. The number of allylic oxidation sites excluding steroid dienone is 1. The average Bonchev–Trinajstić information content (AvgIpc) is 2.31. The smallest absolute Gasteiger partial charge is 0.207 e. The Balaban J connectivity index is 2.96. The van der Waals surface area contributed by atoms with E-state index >= 15 is 0 Å². The van der Waals surface area contributed by atoms with E-state index in [2.05, 4.69) is 15.3 Å². The second-order valence-corrected chi connectivity index (χ2v) is 2.86. The van der Waals surface area contributed by atoms with Gasteiger partial charge in [-0.1, -0.05) is 0 Å². The highest BCUT2D eigenvalue weighted by Gasteiger charge is 2.32. The zero-order chi connectivity index (χ0) is 10.1. The van der Waals surface area contributed by atoms with Crippen LogP contribution in [-0.2, 0) is 0 Å². The fraction of sp³-hybridized carbons (Fsp3) is 0.500. The van der Waals surface area contributed by atoms with Gasteiger partial charge in [-0.3, -0.25) is 0 Å². The van der Waals surface area contributed by atoms with E-state index in [0.717, 1.165) is 0 Å². The lowest BCUT2D eigenvalue weighted by molar-refractivity contribution is -0.485. The number of azo groups is 1. The van der Waals surface area contributed by atoms with Crippen molar-refractivity contribution in [3.05, 3.63) is 21.9 Å². The molecule has 1 heterocycles. The molecule has 13 heavy (non-hydrogen) atoms. The summed E-state index contributed by atoms with van der Waals surface area (Å²) in [6, 6.07) is 0. The van der Waals surface area contributed by atoms with E-state index in [1.54, 1.807) is 19.9 Å². The third kappa shape index (κ3) is 1.86. The molecule has 70 valence electrons. The number of hydrazone groups is 1. The molecule has 0 bridgehead atoms. The lowest BCUT2D eigenvalue weighted by Crippen LogP contribution is -2.37. The topological polar surface area (TPSA) is 106 Å². The molecule has 0 amide bonds. The van der Waals surface area contributed by atoms with Gasteiger partial charge in [-0.25, -0.2) is 10.1 Å². The highest BCUT2D eigenvalue weighted by molar-refractivity contribution is 5.91. The molecule has 0 fully saturated rings. The van der Waals surface area contributed by atoms with Crippen LogP contribution in [0, 0.1) is 10.1 Å². The molecular formula is C6H9N5O2. The summed E-state index contributed by atoms with van der Waals surface area (Å²) in [5, 5.41) is 19.7. The normalized spacial score (nSPS) is 27.5. The maximum Gasteiger partial charge on any atom is 0.207 e. The van der Waals surface area contributed by atoms with E-state index in [4.69, 9.17) is 5.73 Å². The van der Waals surface area contributed by atoms with Crippen molar-refractivity contribution in [1.82, 2.24) is 0 Å². The molecule has 2 N–H and O–H groups in total. The first kappa shape index (κ1) is 9.30. The predicted octanol–water partition coefficient (Wildman–Crippen LogP) is 0.664. The molecule has 0 aromatic rings. The molecule has 0 saturated heterocycles. The summed E-state index contributed by atoms with van der Waals surface area (Å²) < 4.78 is 0. The van der Waals surface area contributed by atoms with E-state index < -0.39 is 10.6 Å². The van der Waals surface area contributed by atoms with Crippen molar-refractivity contribution in [2.75, 3.05) is 0 Å². The second kappa shape index (κ2) is 2.92. The maximum absolute atomic E-state index is 10.0. The average molecular weight is 183 g/mol. The molecule has 0 radical (unpaired) electrons. The third-order valence-electron chi connectivity index (χ3n) is 1.61. The van der Waals surface area contributed by atoms with Crippen LogP contribution < -0.4 is 5.73 Å². The molecule has 0 aromatic carbocycles. The van der Waals surface area contributed by atoms with Crippen molar-refractivity contribution in [3.8, 4) is 0 Å². The van der Waals surface area contributed by atoms with Crippen molar-refractivity contribution in [1.29, 1.82) is 0 Å². The Hall–Kier alpha value is -1.79. The minimum absolute atomic E-state index is 0.168. The first-order valence-corrected chi connectivity index (χ1v) is 3.55. The fourth-order valence-electron chi connectivity index (χ4n) is 0.962. The summed E-state index contributed by atoms with van der Waals surface area (Å²) in [5.74, 6) is -0.168. The third-order valence-corrected chi connectivity index (χ3v) is 1.61. The van der Waals surface area contributed by atoms with Gasteiger partial charge in [-0.15, -0.1) is 0 Å². The molecule has 0 aliphatic carbocycles. The quantitative estimate of drug-likeness (QED) is 0.294. The Bertz CT molecular complexity index is 332. The minimum Gasteiger partial charge on any atom is -0.380 e. The Kier molecular flexibility index (Phi) is 2.09. The lowest BCUT2D eigenvalue weighted by atomic mass is 10.0. The Morgan fingerprint density at radius 1 is 1.85 bits per heavy atom. The summed E-state index contributed by atoms with van der Waals surface area (Å²) >= 11 is 0. The van der Waals surface area contributed by atoms with Gasteiger partial charge in [0, 0.05) is 0 Å². The molecule has 1 aliphatic heterocycles. The van der Waals surface area contributed by atoms with Crippen molar-refractivity contribution in [2.45, 2.75) is 19.4 Å². The van der Waals surface area contributed by atoms with Crippen LogP contribution in [-0.4, -0.2) is 16.4 Å². The van der Waals surface area contributed by atoms with Gasteiger partial charge in [-0.2, -0.15) is 10.2 Å². The van der Waals surface area contributed by atoms with E-state index in [1.807, 2.05) is 0 Å². The molecular weight excluding hydrogens is 174 g/mol. The number of rotatable bonds is 2. The number of hydrogen-bond donors (Lipinski definition) is 1. The van der Waals surface area contributed by atoms with Crippen LogP contribution in [0.4, 0.5) is 0 Å². The zero-order valence-electron chi connectivity index (χ0n) is 7.26. The van der Waals surface area contributed by atoms with Crippen molar-refractivity contribution in [2.24, 2.45) is 21.1 Å². The van der Waals surface area contributed by atoms with Crippen LogP contribution in [0.15, 0.2) is 27.1 Å². The lowest BCUT2D eigenvalue weighted by Gasteiger charge is -2.11. The van der Waals surface area contributed by atoms with Gasteiger partial charge in [0.15, 0.2) is 10.6 Å². The van der Waals surface area contributed by atoms with E-state index in [9.17, 15) is 10.1 Å². The fourth-order valence-corrected chi connectivity index (χ4v) is 0.962. The molecule has 1 aliphatic rings. The second-order valence-electron chi connectivity index (χ2n) is 2.86. The number of hydrogen-bond acceptors (Lipinski definition) is 4. The molecule has 1 rings (SSSR count). The zero-order valence-corrected chi connectivity index (χ0v) is 7.26. The van der Waals surface area contributed by atoms with Crippen LogP contribution in [0.1, 0.15) is 13.8 Å². The molecule has 1 atom stereocenters. The SMILES string of the molecule is CC1=CC(C)(C(N)=N[N+](=O)[O-])N=N1. The van der Waals surface area contributed by atoms with Gasteiger partial charge < -0.3 is 5.73 Å². The first-order chi connectivity index (χ1) is 5.94. The van der Waals surface area contributed by atoms with Crippen LogP contribution in [0.25, 0.3) is 0 Å². The molecule has 0 aromatic heterocycles. The predicted molar refractivity (Wildman–Crippen MR) is 45.6 cm³/mol. The van der Waals surface area contributed by atoms with Crippen LogP contribution >= 0.6 is 0 Å². The van der Waals surface area contributed by atoms with Gasteiger partial charge in [0.1, 0.15) is 0 Å². The number of nitrogens with zero attached hydrogens (tertiary/aromatic N) is 4. The standard InChI is InChI=1S/C6H9N5O2/c1-4-3-6(2,10-8-4)5(7)9-11(12)13/h3H,1-2H3,(H2,7,9). The number of amidine groups is 1. The highest BCUT2D eigenvalue weighted by atomic mass is 16.7.